The first kappa shape index (κ1) is 19.2. The quantitative estimate of drug-likeness (QED) is 0.428. The molecule has 0 saturated carbocycles. The van der Waals surface area contributed by atoms with Gasteiger partial charge in [0.15, 0.2) is 5.82 Å². The summed E-state index contributed by atoms with van der Waals surface area (Å²) in [5.74, 6) is 1.37. The Morgan fingerprint density at radius 3 is 1.97 bits per heavy atom. The lowest BCUT2D eigenvalue weighted by Gasteiger charge is -2.22. The fraction of sp³-hybridized carbons (Fsp3) is 0.160. The minimum atomic E-state index is -0.0625. The molecule has 0 radical (unpaired) electrons. The Balaban J connectivity index is 1.58. The molecule has 0 aliphatic heterocycles. The lowest BCUT2D eigenvalue weighted by molar-refractivity contribution is 0.240. The van der Waals surface area contributed by atoms with E-state index >= 15 is 0 Å². The number of para-hydroxylation sites is 1. The lowest BCUT2D eigenvalue weighted by atomic mass is 10.1. The Morgan fingerprint density at radius 1 is 0.742 bits per heavy atom. The second-order valence-electron chi connectivity index (χ2n) is 7.75. The summed E-state index contributed by atoms with van der Waals surface area (Å²) < 4.78 is 3.57. The molecule has 0 fully saturated rings. The van der Waals surface area contributed by atoms with Crippen molar-refractivity contribution >= 4 is 16.7 Å². The van der Waals surface area contributed by atoms with E-state index in [2.05, 4.69) is 63.6 Å². The van der Waals surface area contributed by atoms with Crippen LogP contribution < -0.4 is 5.56 Å². The number of aryl methyl sites for hydroxylation is 1. The van der Waals surface area contributed by atoms with Gasteiger partial charge in [-0.25, -0.2) is 0 Å². The molecule has 6 heteroatoms. The maximum atomic E-state index is 12.7. The van der Waals surface area contributed by atoms with Crippen LogP contribution in [0.15, 0.2) is 89.7 Å². The van der Waals surface area contributed by atoms with Crippen LogP contribution in [0.2, 0.25) is 0 Å². The summed E-state index contributed by atoms with van der Waals surface area (Å²) >= 11 is 0. The highest BCUT2D eigenvalue weighted by Gasteiger charge is 2.17. The molecule has 154 valence electrons. The van der Waals surface area contributed by atoms with Gasteiger partial charge in [0.2, 0.25) is 5.78 Å². The summed E-state index contributed by atoms with van der Waals surface area (Å²) in [6, 6.07) is 28.5. The molecule has 0 aliphatic rings. The van der Waals surface area contributed by atoms with Gasteiger partial charge in [-0.1, -0.05) is 72.8 Å². The summed E-state index contributed by atoms with van der Waals surface area (Å²) in [4.78, 5) is 15.1. The molecule has 5 aromatic rings. The predicted octanol–water partition coefficient (Wildman–Crippen LogP) is 3.78. The van der Waals surface area contributed by atoms with Crippen molar-refractivity contribution in [1.29, 1.82) is 0 Å². The van der Waals surface area contributed by atoms with Gasteiger partial charge < -0.3 is 0 Å². The monoisotopic (exact) mass is 409 g/mol. The molecule has 2 heterocycles. The normalized spacial score (nSPS) is 11.5. The SMILES string of the molecule is Cn1c(=O)c2ccccc2n2c(CN(Cc3ccccc3)Cc3ccccc3)nnc12. The van der Waals surface area contributed by atoms with E-state index in [4.69, 9.17) is 0 Å². The van der Waals surface area contributed by atoms with Crippen LogP contribution in [0.3, 0.4) is 0 Å². The van der Waals surface area contributed by atoms with Crippen LogP contribution in [0.5, 0.6) is 0 Å². The Labute approximate surface area is 180 Å². The van der Waals surface area contributed by atoms with E-state index in [1.54, 1.807) is 11.6 Å². The lowest BCUT2D eigenvalue weighted by Crippen LogP contribution is -2.25. The van der Waals surface area contributed by atoms with E-state index in [1.807, 2.05) is 40.8 Å². The maximum Gasteiger partial charge on any atom is 0.262 e. The highest BCUT2D eigenvalue weighted by molar-refractivity contribution is 5.80. The fourth-order valence-electron chi connectivity index (χ4n) is 4.05. The Morgan fingerprint density at radius 2 is 1.32 bits per heavy atom. The van der Waals surface area contributed by atoms with Crippen LogP contribution in [0.25, 0.3) is 16.7 Å². The van der Waals surface area contributed by atoms with Crippen LogP contribution in [0, 0.1) is 0 Å². The van der Waals surface area contributed by atoms with Gasteiger partial charge in [-0.2, -0.15) is 0 Å². The first-order valence-corrected chi connectivity index (χ1v) is 10.3. The molecule has 0 spiro atoms. The van der Waals surface area contributed by atoms with Crippen LogP contribution in [0.1, 0.15) is 17.0 Å². The summed E-state index contributed by atoms with van der Waals surface area (Å²) in [5, 5.41) is 9.49. The maximum absolute atomic E-state index is 12.7. The Kier molecular flexibility index (Phi) is 5.06. The molecule has 0 saturated heterocycles. The van der Waals surface area contributed by atoms with E-state index in [1.165, 1.54) is 11.1 Å². The average Bonchev–Trinajstić information content (AvgIpc) is 3.22. The van der Waals surface area contributed by atoms with E-state index in [9.17, 15) is 4.79 Å². The van der Waals surface area contributed by atoms with E-state index in [-0.39, 0.29) is 5.56 Å². The minimum Gasteiger partial charge on any atom is -0.287 e. The standard InChI is InChI=1S/C25H23N5O/c1-28-24(31)21-14-8-9-15-22(21)30-23(26-27-25(28)30)18-29(16-19-10-4-2-5-11-19)17-20-12-6-3-7-13-20/h2-15H,16-18H2,1H3. The van der Waals surface area contributed by atoms with Gasteiger partial charge in [-0.05, 0) is 23.3 Å². The van der Waals surface area contributed by atoms with Crippen LogP contribution in [0.4, 0.5) is 0 Å². The van der Waals surface area contributed by atoms with Crippen molar-refractivity contribution in [3.63, 3.8) is 0 Å². The van der Waals surface area contributed by atoms with Crippen molar-refractivity contribution < 1.29 is 0 Å². The van der Waals surface area contributed by atoms with Gasteiger partial charge in [-0.3, -0.25) is 18.7 Å². The average molecular weight is 409 g/mol. The number of hydrogen-bond acceptors (Lipinski definition) is 4. The summed E-state index contributed by atoms with van der Waals surface area (Å²) in [6.45, 7) is 2.18. The van der Waals surface area contributed by atoms with Crippen molar-refractivity contribution in [2.45, 2.75) is 19.6 Å². The zero-order valence-corrected chi connectivity index (χ0v) is 17.3. The van der Waals surface area contributed by atoms with Crippen molar-refractivity contribution in [1.82, 2.24) is 24.1 Å². The summed E-state index contributed by atoms with van der Waals surface area (Å²) in [5.41, 5.74) is 3.25. The molecular formula is C25H23N5O. The molecule has 3 aromatic carbocycles. The van der Waals surface area contributed by atoms with E-state index in [0.717, 1.165) is 24.4 Å². The first-order chi connectivity index (χ1) is 15.2. The molecule has 6 nitrogen and oxygen atoms in total. The first-order valence-electron chi connectivity index (χ1n) is 10.3. The van der Waals surface area contributed by atoms with Crippen LogP contribution in [-0.4, -0.2) is 24.1 Å². The van der Waals surface area contributed by atoms with Gasteiger partial charge in [-0.15, -0.1) is 10.2 Å². The number of fused-ring (bicyclic) bond motifs is 3. The predicted molar refractivity (Wildman–Crippen MR) is 122 cm³/mol. The van der Waals surface area contributed by atoms with Crippen molar-refractivity contribution in [3.8, 4) is 0 Å². The zero-order valence-electron chi connectivity index (χ0n) is 17.3. The number of rotatable bonds is 6. The molecule has 5 rings (SSSR count). The molecule has 0 bridgehead atoms. The van der Waals surface area contributed by atoms with E-state index in [0.29, 0.717) is 17.7 Å². The third-order valence-electron chi connectivity index (χ3n) is 5.56. The van der Waals surface area contributed by atoms with Crippen molar-refractivity contribution in [3.05, 3.63) is 112 Å². The molecular weight excluding hydrogens is 386 g/mol. The topological polar surface area (TPSA) is 55.4 Å². The van der Waals surface area contributed by atoms with Gasteiger partial charge >= 0.3 is 0 Å². The molecule has 0 N–H and O–H groups in total. The third kappa shape index (κ3) is 3.73. The fourth-order valence-corrected chi connectivity index (χ4v) is 4.05. The number of nitrogens with zero attached hydrogens (tertiary/aromatic N) is 5. The molecule has 0 aliphatic carbocycles. The van der Waals surface area contributed by atoms with Crippen LogP contribution >= 0.6 is 0 Å². The second-order valence-corrected chi connectivity index (χ2v) is 7.75. The van der Waals surface area contributed by atoms with Gasteiger partial charge in [0.05, 0.1) is 17.4 Å². The Hall–Kier alpha value is -3.77. The van der Waals surface area contributed by atoms with Gasteiger partial charge in [0, 0.05) is 20.1 Å². The van der Waals surface area contributed by atoms with Gasteiger partial charge in [0.25, 0.3) is 5.56 Å². The van der Waals surface area contributed by atoms with Gasteiger partial charge in [0.1, 0.15) is 0 Å². The molecule has 31 heavy (non-hydrogen) atoms. The highest BCUT2D eigenvalue weighted by atomic mass is 16.1. The molecule has 0 atom stereocenters. The van der Waals surface area contributed by atoms with Crippen molar-refractivity contribution in [2.24, 2.45) is 7.05 Å². The number of benzene rings is 3. The van der Waals surface area contributed by atoms with Crippen molar-refractivity contribution in [2.75, 3.05) is 0 Å². The summed E-state index contributed by atoms with van der Waals surface area (Å²) in [7, 11) is 1.74. The Bertz CT molecular complexity index is 1350. The number of hydrogen-bond donors (Lipinski definition) is 0. The molecule has 2 aromatic heterocycles. The molecule has 0 unspecified atom stereocenters. The molecule has 0 amide bonds. The second kappa shape index (κ2) is 8.16. The largest absolute Gasteiger partial charge is 0.287 e. The minimum absolute atomic E-state index is 0.0625. The zero-order chi connectivity index (χ0) is 21.2. The third-order valence-corrected chi connectivity index (χ3v) is 5.56. The highest BCUT2D eigenvalue weighted by Crippen LogP contribution is 2.17. The summed E-state index contributed by atoms with van der Waals surface area (Å²) in [6.07, 6.45) is 0. The van der Waals surface area contributed by atoms with Crippen LogP contribution in [-0.2, 0) is 26.7 Å². The number of aromatic nitrogens is 4. The smallest absolute Gasteiger partial charge is 0.262 e. The van der Waals surface area contributed by atoms with E-state index < -0.39 is 0 Å².